The Morgan fingerprint density at radius 1 is 1.08 bits per heavy atom. The van der Waals surface area contributed by atoms with Crippen LogP contribution in [-0.2, 0) is 12.7 Å². The second-order valence-corrected chi connectivity index (χ2v) is 9.18. The van der Waals surface area contributed by atoms with Gasteiger partial charge in [-0.25, -0.2) is 4.39 Å². The lowest BCUT2D eigenvalue weighted by molar-refractivity contribution is -0.137. The first kappa shape index (κ1) is 25.0. The molecule has 0 amide bonds. The Labute approximate surface area is 208 Å². The van der Waals surface area contributed by atoms with E-state index in [2.05, 4.69) is 5.10 Å². The highest BCUT2D eigenvalue weighted by Crippen LogP contribution is 2.37. The number of alkyl halides is 3. The lowest BCUT2D eigenvalue weighted by Gasteiger charge is -2.40. The van der Waals surface area contributed by atoms with Crippen molar-refractivity contribution >= 4 is 16.6 Å². The van der Waals surface area contributed by atoms with Gasteiger partial charge in [-0.15, -0.1) is 0 Å². The van der Waals surface area contributed by atoms with Crippen LogP contribution in [0.25, 0.3) is 27.8 Å². The Kier molecular flexibility index (Phi) is 6.28. The van der Waals surface area contributed by atoms with Crippen LogP contribution in [0.1, 0.15) is 11.1 Å². The maximum absolute atomic E-state index is 14.1. The maximum Gasteiger partial charge on any atom is 0.418 e. The summed E-state index contributed by atoms with van der Waals surface area (Å²) in [5.74, 6) is -0.424. The molecule has 0 radical (unpaired) electrons. The number of benzene rings is 2. The van der Waals surface area contributed by atoms with Crippen LogP contribution in [0.15, 0.2) is 53.5 Å². The van der Waals surface area contributed by atoms with Crippen LogP contribution in [0.5, 0.6) is 0 Å². The predicted octanol–water partition coefficient (Wildman–Crippen LogP) is 3.74. The molecule has 4 aromatic rings. The van der Waals surface area contributed by atoms with E-state index in [4.69, 9.17) is 0 Å². The molecule has 3 heterocycles. The van der Waals surface area contributed by atoms with Gasteiger partial charge in [0.2, 0.25) is 0 Å². The van der Waals surface area contributed by atoms with E-state index >= 15 is 0 Å². The number of rotatable bonds is 6. The molecule has 5 rings (SSSR count). The molecule has 194 valence electrons. The summed E-state index contributed by atoms with van der Waals surface area (Å²) >= 11 is 0. The fraction of sp³-hybridized carbons (Fsp3) is 0.308. The molecule has 0 atom stereocenters. The third-order valence-corrected chi connectivity index (χ3v) is 6.68. The highest BCUT2D eigenvalue weighted by Gasteiger charge is 2.36. The second kappa shape index (κ2) is 9.31. The largest absolute Gasteiger partial charge is 0.418 e. The van der Waals surface area contributed by atoms with Crippen molar-refractivity contribution in [2.45, 2.75) is 19.6 Å². The van der Waals surface area contributed by atoms with Crippen molar-refractivity contribution in [1.82, 2.24) is 14.3 Å². The molecule has 7 nitrogen and oxygen atoms in total. The SMILES string of the molecule is Cc1cc(-c2nn(-c3cc(N4CC(CO)C4)ccc3C(F)(F)F)c(=O)c3c2ccn3CCO)ccc1F. The number of anilines is 1. The van der Waals surface area contributed by atoms with Crippen LogP contribution in [-0.4, -0.2) is 50.9 Å². The Balaban J connectivity index is 1.79. The number of fused-ring (bicyclic) bond motifs is 1. The van der Waals surface area contributed by atoms with Crippen LogP contribution in [0.2, 0.25) is 0 Å². The van der Waals surface area contributed by atoms with Crippen molar-refractivity contribution in [3.05, 3.63) is 76.0 Å². The van der Waals surface area contributed by atoms with E-state index in [0.717, 1.165) is 10.7 Å². The smallest absolute Gasteiger partial charge is 0.396 e. The molecule has 2 N–H and O–H groups in total. The zero-order valence-corrected chi connectivity index (χ0v) is 19.8. The number of aliphatic hydroxyl groups is 2. The number of hydrogen-bond donors (Lipinski definition) is 2. The third kappa shape index (κ3) is 4.38. The molecule has 0 unspecified atom stereocenters. The average molecular weight is 516 g/mol. The van der Waals surface area contributed by atoms with Crippen molar-refractivity contribution < 1.29 is 27.8 Å². The summed E-state index contributed by atoms with van der Waals surface area (Å²) in [7, 11) is 0. The molecule has 1 aliphatic heterocycles. The number of hydrogen-bond acceptors (Lipinski definition) is 5. The van der Waals surface area contributed by atoms with Crippen LogP contribution in [0, 0.1) is 18.7 Å². The molecule has 37 heavy (non-hydrogen) atoms. The van der Waals surface area contributed by atoms with Crippen molar-refractivity contribution in [3.63, 3.8) is 0 Å². The zero-order valence-electron chi connectivity index (χ0n) is 19.8. The van der Waals surface area contributed by atoms with Crippen molar-refractivity contribution in [2.24, 2.45) is 5.92 Å². The number of aryl methyl sites for hydroxylation is 1. The summed E-state index contributed by atoms with van der Waals surface area (Å²) in [6.45, 7) is 2.24. The Bertz CT molecular complexity index is 1540. The first-order chi connectivity index (χ1) is 17.6. The molecule has 2 aromatic carbocycles. The first-order valence-corrected chi connectivity index (χ1v) is 11.7. The first-order valence-electron chi connectivity index (χ1n) is 11.7. The van der Waals surface area contributed by atoms with Gasteiger partial charge in [0.25, 0.3) is 5.56 Å². The van der Waals surface area contributed by atoms with Gasteiger partial charge in [0.1, 0.15) is 17.0 Å². The lowest BCUT2D eigenvalue weighted by atomic mass is 9.99. The highest BCUT2D eigenvalue weighted by molar-refractivity contribution is 5.93. The molecule has 11 heteroatoms. The molecule has 0 saturated carbocycles. The Morgan fingerprint density at radius 2 is 1.84 bits per heavy atom. The topological polar surface area (TPSA) is 83.5 Å². The molecule has 0 aliphatic carbocycles. The summed E-state index contributed by atoms with van der Waals surface area (Å²) < 4.78 is 58.5. The van der Waals surface area contributed by atoms with E-state index in [1.165, 1.54) is 34.9 Å². The molecular formula is C26H24F4N4O3. The second-order valence-electron chi connectivity index (χ2n) is 9.18. The Morgan fingerprint density at radius 3 is 2.49 bits per heavy atom. The molecule has 1 saturated heterocycles. The van der Waals surface area contributed by atoms with Gasteiger partial charge in [0.15, 0.2) is 0 Å². The number of nitrogens with zero attached hydrogens (tertiary/aromatic N) is 4. The molecule has 0 bridgehead atoms. The summed E-state index contributed by atoms with van der Waals surface area (Å²) in [4.78, 5) is 15.5. The van der Waals surface area contributed by atoms with Gasteiger partial charge in [-0.2, -0.15) is 23.0 Å². The number of halogens is 4. The number of aromatic nitrogens is 3. The average Bonchev–Trinajstić information content (AvgIpc) is 3.24. The third-order valence-electron chi connectivity index (χ3n) is 6.68. The minimum Gasteiger partial charge on any atom is -0.396 e. The molecule has 1 fully saturated rings. The standard InChI is InChI=1S/C26H24F4N4O3/c1-15-10-17(2-5-21(15)27)23-19-6-7-32(8-9-35)24(19)25(37)34(31-23)22-11-18(33-12-16(13-33)14-36)3-4-20(22)26(28,29)30/h2-7,10-11,16,35-36H,8-9,12-14H2,1H3. The predicted molar refractivity (Wildman–Crippen MR) is 130 cm³/mol. The van der Waals surface area contributed by atoms with E-state index in [0.29, 0.717) is 35.3 Å². The maximum atomic E-state index is 14.1. The van der Waals surface area contributed by atoms with E-state index in [-0.39, 0.29) is 36.9 Å². The van der Waals surface area contributed by atoms with E-state index in [9.17, 15) is 32.6 Å². The summed E-state index contributed by atoms with van der Waals surface area (Å²) in [6, 6.07) is 9.35. The van der Waals surface area contributed by atoms with E-state index < -0.39 is 28.8 Å². The lowest BCUT2D eigenvalue weighted by Crippen LogP contribution is -2.48. The van der Waals surface area contributed by atoms with Crippen LogP contribution in [0.3, 0.4) is 0 Å². The highest BCUT2D eigenvalue weighted by atomic mass is 19.4. The van der Waals surface area contributed by atoms with E-state index in [1.54, 1.807) is 19.2 Å². The molecule has 0 spiro atoms. The van der Waals surface area contributed by atoms with Gasteiger partial charge in [0, 0.05) is 55.0 Å². The monoisotopic (exact) mass is 516 g/mol. The van der Waals surface area contributed by atoms with Crippen molar-refractivity contribution in [2.75, 3.05) is 31.2 Å². The van der Waals surface area contributed by atoms with Gasteiger partial charge in [-0.1, -0.05) is 0 Å². The minimum atomic E-state index is -4.77. The molecule has 1 aliphatic rings. The van der Waals surface area contributed by atoms with E-state index in [1.807, 2.05) is 4.90 Å². The summed E-state index contributed by atoms with van der Waals surface area (Å²) in [5.41, 5.74) is -0.776. The van der Waals surface area contributed by atoms with Gasteiger partial charge >= 0.3 is 6.18 Å². The van der Waals surface area contributed by atoms with Crippen molar-refractivity contribution in [3.8, 4) is 16.9 Å². The van der Waals surface area contributed by atoms with Gasteiger partial charge < -0.3 is 19.7 Å². The normalized spacial score (nSPS) is 14.4. The van der Waals surface area contributed by atoms with Gasteiger partial charge in [0.05, 0.1) is 17.9 Å². The Hall–Kier alpha value is -3.70. The minimum absolute atomic E-state index is 0.0238. The van der Waals surface area contributed by atoms with Crippen LogP contribution < -0.4 is 10.5 Å². The van der Waals surface area contributed by atoms with Crippen molar-refractivity contribution in [1.29, 1.82) is 0 Å². The molecular weight excluding hydrogens is 492 g/mol. The van der Waals surface area contributed by atoms with Gasteiger partial charge in [-0.3, -0.25) is 4.79 Å². The number of aliphatic hydroxyl groups excluding tert-OH is 2. The van der Waals surface area contributed by atoms with Gasteiger partial charge in [-0.05, 0) is 55.0 Å². The summed E-state index contributed by atoms with van der Waals surface area (Å²) in [5, 5.41) is 23.6. The fourth-order valence-corrected chi connectivity index (χ4v) is 4.69. The quantitative estimate of drug-likeness (QED) is 0.382. The van der Waals surface area contributed by atoms with Crippen LogP contribution >= 0.6 is 0 Å². The van der Waals surface area contributed by atoms with Crippen LogP contribution in [0.4, 0.5) is 23.2 Å². The fourth-order valence-electron chi connectivity index (χ4n) is 4.69. The summed E-state index contributed by atoms with van der Waals surface area (Å²) in [6.07, 6.45) is -3.21. The molecule has 2 aromatic heterocycles. The zero-order chi connectivity index (χ0) is 26.5.